The van der Waals surface area contributed by atoms with E-state index >= 15 is 0 Å². The monoisotopic (exact) mass is 264 g/mol. The molecule has 0 aromatic heterocycles. The van der Waals surface area contributed by atoms with Gasteiger partial charge in [0.05, 0.1) is 0 Å². The van der Waals surface area contributed by atoms with Crippen LogP contribution in [-0.2, 0) is 4.79 Å². The molecule has 2 unspecified atom stereocenters. The molecule has 0 spiro atoms. The third-order valence-corrected chi connectivity index (χ3v) is 5.90. The number of nitro groups is 1. The first-order valence-electron chi connectivity index (χ1n) is 7.55. The lowest BCUT2D eigenvalue weighted by Gasteiger charge is -2.54. The molecular formula is C14H20N2O3. The van der Waals surface area contributed by atoms with E-state index in [-0.39, 0.29) is 16.7 Å². The summed E-state index contributed by atoms with van der Waals surface area (Å²) in [5, 5.41) is 13.8. The number of hydrogen-bond acceptors (Lipinski definition) is 3. The fraction of sp³-hybridized carbons (Fsp3) is 0.929. The van der Waals surface area contributed by atoms with Crippen LogP contribution in [0.3, 0.4) is 0 Å². The maximum atomic E-state index is 12.1. The van der Waals surface area contributed by atoms with E-state index in [1.54, 1.807) is 0 Å². The van der Waals surface area contributed by atoms with Gasteiger partial charge in [-0.05, 0) is 55.8 Å². The quantitative estimate of drug-likeness (QED) is 0.621. The van der Waals surface area contributed by atoms with Gasteiger partial charge in [-0.3, -0.25) is 14.9 Å². The Morgan fingerprint density at radius 3 is 2.05 bits per heavy atom. The van der Waals surface area contributed by atoms with E-state index in [2.05, 4.69) is 5.32 Å². The zero-order valence-electron chi connectivity index (χ0n) is 11.0. The average molecular weight is 264 g/mol. The Morgan fingerprint density at radius 2 is 1.58 bits per heavy atom. The van der Waals surface area contributed by atoms with Crippen molar-refractivity contribution in [3.63, 3.8) is 0 Å². The summed E-state index contributed by atoms with van der Waals surface area (Å²) in [6, 6.07) is -0.301. The molecule has 5 saturated carbocycles. The number of carbonyl (C=O) groups is 1. The van der Waals surface area contributed by atoms with Gasteiger partial charge in [0, 0.05) is 17.4 Å². The molecule has 0 saturated heterocycles. The number of hydrogen-bond donors (Lipinski definition) is 1. The van der Waals surface area contributed by atoms with Crippen molar-refractivity contribution >= 4 is 5.91 Å². The minimum atomic E-state index is -0.614. The van der Waals surface area contributed by atoms with Crippen molar-refractivity contribution in [2.24, 2.45) is 29.6 Å². The smallest absolute Gasteiger partial charge is 0.230 e. The Hall–Kier alpha value is -1.13. The molecule has 1 N–H and O–H groups in total. The highest BCUT2D eigenvalue weighted by atomic mass is 16.6. The summed E-state index contributed by atoms with van der Waals surface area (Å²) in [5.41, 5.74) is 0. The molecule has 0 heterocycles. The van der Waals surface area contributed by atoms with Gasteiger partial charge in [-0.25, -0.2) is 0 Å². The maximum Gasteiger partial charge on any atom is 0.230 e. The molecular weight excluding hydrogens is 244 g/mol. The van der Waals surface area contributed by atoms with Gasteiger partial charge in [0.1, 0.15) is 5.92 Å². The molecule has 5 aliphatic carbocycles. The van der Waals surface area contributed by atoms with Crippen molar-refractivity contribution in [1.82, 2.24) is 5.32 Å². The van der Waals surface area contributed by atoms with Crippen LogP contribution in [0.4, 0.5) is 0 Å². The summed E-state index contributed by atoms with van der Waals surface area (Å²) in [6.45, 7) is 0. The molecule has 0 radical (unpaired) electrons. The third-order valence-electron chi connectivity index (χ3n) is 5.90. The van der Waals surface area contributed by atoms with Crippen LogP contribution in [0.5, 0.6) is 0 Å². The molecule has 0 aromatic rings. The lowest BCUT2D eigenvalue weighted by molar-refractivity contribution is -0.497. The topological polar surface area (TPSA) is 72.2 Å². The second-order valence-electron chi connectivity index (χ2n) is 7.16. The van der Waals surface area contributed by atoms with Crippen molar-refractivity contribution in [2.75, 3.05) is 0 Å². The summed E-state index contributed by atoms with van der Waals surface area (Å²) in [6.07, 6.45) is 6.90. The Labute approximate surface area is 112 Å². The Balaban J connectivity index is 1.41. The van der Waals surface area contributed by atoms with Crippen molar-refractivity contribution in [3.8, 4) is 0 Å². The van der Waals surface area contributed by atoms with Gasteiger partial charge in [-0.1, -0.05) is 0 Å². The first kappa shape index (κ1) is 11.7. The summed E-state index contributed by atoms with van der Waals surface area (Å²) < 4.78 is 0. The second-order valence-corrected chi connectivity index (χ2v) is 7.16. The van der Waals surface area contributed by atoms with Gasteiger partial charge in [0.15, 0.2) is 0 Å². The predicted molar refractivity (Wildman–Crippen MR) is 67.9 cm³/mol. The van der Waals surface area contributed by atoms with Crippen LogP contribution in [0.2, 0.25) is 0 Å². The Kier molecular flexibility index (Phi) is 2.42. The maximum absolute atomic E-state index is 12.1. The van der Waals surface area contributed by atoms with Gasteiger partial charge in [0.25, 0.3) is 0 Å². The highest BCUT2D eigenvalue weighted by Crippen LogP contribution is 2.53. The molecule has 0 aromatic carbocycles. The minimum absolute atomic E-state index is 0.0563. The Bertz CT molecular complexity index is 408. The molecule has 104 valence electrons. The van der Waals surface area contributed by atoms with E-state index in [9.17, 15) is 14.9 Å². The van der Waals surface area contributed by atoms with E-state index in [0.29, 0.717) is 24.3 Å². The summed E-state index contributed by atoms with van der Waals surface area (Å²) in [4.78, 5) is 22.4. The largest absolute Gasteiger partial charge is 0.352 e. The average Bonchev–Trinajstić information content (AvgIpc) is 3.12. The van der Waals surface area contributed by atoms with Crippen LogP contribution in [0.1, 0.15) is 38.5 Å². The van der Waals surface area contributed by atoms with Gasteiger partial charge in [-0.2, -0.15) is 0 Å². The number of rotatable bonds is 3. The minimum Gasteiger partial charge on any atom is -0.352 e. The lowest BCUT2D eigenvalue weighted by atomic mass is 9.54. The van der Waals surface area contributed by atoms with Crippen molar-refractivity contribution in [3.05, 3.63) is 10.1 Å². The van der Waals surface area contributed by atoms with Gasteiger partial charge >= 0.3 is 0 Å². The van der Waals surface area contributed by atoms with E-state index in [1.165, 1.54) is 32.1 Å². The van der Waals surface area contributed by atoms with Crippen molar-refractivity contribution in [2.45, 2.75) is 50.6 Å². The molecule has 5 aliphatic rings. The zero-order chi connectivity index (χ0) is 13.1. The molecule has 1 amide bonds. The highest BCUT2D eigenvalue weighted by molar-refractivity contribution is 5.82. The van der Waals surface area contributed by atoms with E-state index in [0.717, 1.165) is 11.8 Å². The molecule has 5 fully saturated rings. The van der Waals surface area contributed by atoms with Crippen LogP contribution in [0, 0.1) is 39.7 Å². The lowest BCUT2D eigenvalue weighted by Crippen LogP contribution is -2.56. The summed E-state index contributed by atoms with van der Waals surface area (Å²) >= 11 is 0. The van der Waals surface area contributed by atoms with Crippen LogP contribution in [0.25, 0.3) is 0 Å². The van der Waals surface area contributed by atoms with Crippen LogP contribution in [0.15, 0.2) is 0 Å². The van der Waals surface area contributed by atoms with Crippen molar-refractivity contribution < 1.29 is 9.72 Å². The van der Waals surface area contributed by atoms with E-state index in [1.807, 2.05) is 0 Å². The predicted octanol–water partition coefficient (Wildman–Crippen LogP) is 1.59. The van der Waals surface area contributed by atoms with Crippen LogP contribution < -0.4 is 5.32 Å². The molecule has 2 atom stereocenters. The van der Waals surface area contributed by atoms with Crippen molar-refractivity contribution in [1.29, 1.82) is 0 Å². The molecule has 5 nitrogen and oxygen atoms in total. The molecule has 4 bridgehead atoms. The molecule has 0 aliphatic heterocycles. The van der Waals surface area contributed by atoms with Crippen LogP contribution in [-0.4, -0.2) is 22.9 Å². The third kappa shape index (κ3) is 1.85. The second kappa shape index (κ2) is 3.93. The molecule has 19 heavy (non-hydrogen) atoms. The first-order valence-corrected chi connectivity index (χ1v) is 7.55. The zero-order valence-corrected chi connectivity index (χ0v) is 11.0. The molecule has 5 rings (SSSR count). The van der Waals surface area contributed by atoms with E-state index in [4.69, 9.17) is 0 Å². The van der Waals surface area contributed by atoms with Crippen LogP contribution >= 0.6 is 0 Å². The van der Waals surface area contributed by atoms with E-state index < -0.39 is 6.04 Å². The fourth-order valence-electron chi connectivity index (χ4n) is 5.13. The Morgan fingerprint density at radius 1 is 1.00 bits per heavy atom. The number of nitrogens with one attached hydrogen (secondary N) is 1. The summed E-state index contributed by atoms with van der Waals surface area (Å²) in [7, 11) is 0. The SMILES string of the molecule is O=C(NC1C2CC3CC(C2)CC1C3)C1CC1[N+](=O)[O-]. The van der Waals surface area contributed by atoms with Gasteiger partial charge in [0.2, 0.25) is 11.9 Å². The summed E-state index contributed by atoms with van der Waals surface area (Å²) in [5.74, 6) is 2.67. The molecule has 5 heteroatoms. The van der Waals surface area contributed by atoms with Gasteiger partial charge < -0.3 is 5.32 Å². The number of carbonyl (C=O) groups excluding carboxylic acids is 1. The fourth-order valence-corrected chi connectivity index (χ4v) is 5.13. The normalized spacial score (nSPS) is 50.0. The number of amides is 1. The highest BCUT2D eigenvalue weighted by Gasteiger charge is 2.55. The standard InChI is InChI=1S/C14H20N2O3/c17-14(11-6-12(11)16(18)19)15-13-9-2-7-1-8(4-9)5-10(13)3-7/h7-13H,1-6H2,(H,15,17). The number of nitrogens with zero attached hydrogens (tertiary/aromatic N) is 1. The van der Waals surface area contributed by atoms with Gasteiger partial charge in [-0.15, -0.1) is 0 Å². The first-order chi connectivity index (χ1) is 9.11.